The van der Waals surface area contributed by atoms with Crippen LogP contribution in [0.3, 0.4) is 0 Å². The van der Waals surface area contributed by atoms with Gasteiger partial charge in [0.25, 0.3) is 0 Å². The zero-order valence-corrected chi connectivity index (χ0v) is 10.2. The zero-order valence-electron chi connectivity index (χ0n) is 10.2. The van der Waals surface area contributed by atoms with E-state index in [9.17, 15) is 5.11 Å². The molecule has 0 radical (unpaired) electrons. The number of rotatable bonds is 2. The number of nitrogens with one attached hydrogen (secondary N) is 1. The monoisotopic (exact) mass is 233 g/mol. The van der Waals surface area contributed by atoms with E-state index in [0.717, 1.165) is 18.4 Å². The van der Waals surface area contributed by atoms with E-state index < -0.39 is 0 Å². The molecule has 2 rings (SSSR count). The van der Waals surface area contributed by atoms with Gasteiger partial charge in [-0.15, -0.1) is 0 Å². The molecule has 0 fully saturated rings. The van der Waals surface area contributed by atoms with Crippen molar-refractivity contribution in [1.82, 2.24) is 5.32 Å². The summed E-state index contributed by atoms with van der Waals surface area (Å²) < 4.78 is 0. The molecule has 0 amide bonds. The van der Waals surface area contributed by atoms with Crippen LogP contribution in [0.15, 0.2) is 17.1 Å². The van der Waals surface area contributed by atoms with Crippen LogP contribution in [-0.2, 0) is 19.4 Å². The topological polar surface area (TPSA) is 70.6 Å². The maximum atomic E-state index is 9.93. The van der Waals surface area contributed by atoms with E-state index in [1.54, 1.807) is 13.1 Å². The third kappa shape index (κ3) is 2.52. The number of nitrogens with two attached hydrogens (primary N) is 1. The molecule has 92 valence electrons. The number of aromatic hydroxyl groups is 1. The number of phenols is 1. The van der Waals surface area contributed by atoms with Gasteiger partial charge >= 0.3 is 0 Å². The number of phenolic OH excluding ortho intramolecular Hbond substituents is 1. The summed E-state index contributed by atoms with van der Waals surface area (Å²) in [6.45, 7) is 0.540. The molecule has 4 N–H and O–H groups in total. The SMILES string of the molecule is CN=C(N)NCc1c(O)ccc2c1CCCC2. The minimum absolute atomic E-state index is 0.349. The first-order valence-electron chi connectivity index (χ1n) is 6.01. The third-order valence-corrected chi connectivity index (χ3v) is 3.31. The maximum absolute atomic E-state index is 9.93. The Balaban J connectivity index is 2.25. The lowest BCUT2D eigenvalue weighted by Gasteiger charge is -2.20. The molecule has 0 saturated carbocycles. The van der Waals surface area contributed by atoms with Gasteiger partial charge in [0.05, 0.1) is 0 Å². The van der Waals surface area contributed by atoms with Crippen molar-refractivity contribution in [3.05, 3.63) is 28.8 Å². The van der Waals surface area contributed by atoms with Crippen LogP contribution in [0.5, 0.6) is 5.75 Å². The molecule has 0 heterocycles. The predicted octanol–water partition coefficient (Wildman–Crippen LogP) is 1.31. The average molecular weight is 233 g/mol. The highest BCUT2D eigenvalue weighted by Crippen LogP contribution is 2.30. The van der Waals surface area contributed by atoms with Crippen molar-refractivity contribution in [1.29, 1.82) is 0 Å². The standard InChI is InChI=1S/C13H19N3O/c1-15-13(14)16-8-11-10-5-3-2-4-9(10)6-7-12(11)17/h6-7,17H,2-5,8H2,1H3,(H3,14,15,16). The summed E-state index contributed by atoms with van der Waals surface area (Å²) >= 11 is 0. The number of benzene rings is 1. The van der Waals surface area contributed by atoms with E-state index in [4.69, 9.17) is 5.73 Å². The molecular formula is C13H19N3O. The molecule has 1 aliphatic rings. The van der Waals surface area contributed by atoms with Crippen LogP contribution in [0.1, 0.15) is 29.5 Å². The fourth-order valence-corrected chi connectivity index (χ4v) is 2.35. The van der Waals surface area contributed by atoms with Crippen molar-refractivity contribution in [2.45, 2.75) is 32.2 Å². The van der Waals surface area contributed by atoms with E-state index >= 15 is 0 Å². The van der Waals surface area contributed by atoms with Gasteiger partial charge in [-0.2, -0.15) is 0 Å². The highest BCUT2D eigenvalue weighted by atomic mass is 16.3. The molecule has 17 heavy (non-hydrogen) atoms. The first kappa shape index (κ1) is 11.8. The number of aryl methyl sites for hydroxylation is 1. The second-order valence-electron chi connectivity index (χ2n) is 4.37. The smallest absolute Gasteiger partial charge is 0.188 e. The van der Waals surface area contributed by atoms with Gasteiger partial charge in [0.15, 0.2) is 5.96 Å². The van der Waals surface area contributed by atoms with Crippen molar-refractivity contribution in [3.8, 4) is 5.75 Å². The number of nitrogens with zero attached hydrogens (tertiary/aromatic N) is 1. The minimum atomic E-state index is 0.349. The van der Waals surface area contributed by atoms with Crippen LogP contribution in [0.25, 0.3) is 0 Å². The number of fused-ring (bicyclic) bond motifs is 1. The summed E-state index contributed by atoms with van der Waals surface area (Å²) in [4.78, 5) is 3.85. The molecule has 0 spiro atoms. The summed E-state index contributed by atoms with van der Waals surface area (Å²) in [6.07, 6.45) is 4.59. The minimum Gasteiger partial charge on any atom is -0.508 e. The molecule has 1 aliphatic carbocycles. The highest BCUT2D eigenvalue weighted by Gasteiger charge is 2.16. The second kappa shape index (κ2) is 5.08. The van der Waals surface area contributed by atoms with E-state index in [1.807, 2.05) is 6.07 Å². The van der Waals surface area contributed by atoms with Crippen molar-refractivity contribution in [3.63, 3.8) is 0 Å². The highest BCUT2D eigenvalue weighted by molar-refractivity contribution is 5.77. The van der Waals surface area contributed by atoms with Gasteiger partial charge in [-0.1, -0.05) is 6.07 Å². The second-order valence-corrected chi connectivity index (χ2v) is 4.37. The third-order valence-electron chi connectivity index (χ3n) is 3.31. The van der Waals surface area contributed by atoms with E-state index in [0.29, 0.717) is 18.3 Å². The van der Waals surface area contributed by atoms with Gasteiger partial charge in [-0.25, -0.2) is 0 Å². The first-order chi connectivity index (χ1) is 8.22. The molecule has 4 heteroatoms. The summed E-state index contributed by atoms with van der Waals surface area (Å²) in [6, 6.07) is 3.81. The van der Waals surface area contributed by atoms with Crippen molar-refractivity contribution >= 4 is 5.96 Å². The van der Waals surface area contributed by atoms with Crippen LogP contribution in [0, 0.1) is 0 Å². The van der Waals surface area contributed by atoms with Crippen LogP contribution in [0.4, 0.5) is 0 Å². The lowest BCUT2D eigenvalue weighted by atomic mass is 9.88. The summed E-state index contributed by atoms with van der Waals surface area (Å²) in [5, 5.41) is 12.9. The lowest BCUT2D eigenvalue weighted by Crippen LogP contribution is -2.31. The van der Waals surface area contributed by atoms with Crippen molar-refractivity contribution in [2.24, 2.45) is 10.7 Å². The Hall–Kier alpha value is -1.71. The Morgan fingerprint density at radius 2 is 2.18 bits per heavy atom. The predicted molar refractivity (Wildman–Crippen MR) is 69.1 cm³/mol. The van der Waals surface area contributed by atoms with Gasteiger partial charge in [0.2, 0.25) is 0 Å². The quantitative estimate of drug-likeness (QED) is 0.532. The zero-order chi connectivity index (χ0) is 12.3. The Morgan fingerprint density at radius 3 is 2.94 bits per heavy atom. The molecule has 4 nitrogen and oxygen atoms in total. The number of hydrogen-bond donors (Lipinski definition) is 3. The van der Waals surface area contributed by atoms with E-state index in [1.165, 1.54) is 24.0 Å². The number of aliphatic imine (C=N–C) groups is 1. The normalized spacial score (nSPS) is 15.5. The van der Waals surface area contributed by atoms with Gasteiger partial charge in [0.1, 0.15) is 5.75 Å². The lowest BCUT2D eigenvalue weighted by molar-refractivity contribution is 0.464. The first-order valence-corrected chi connectivity index (χ1v) is 6.01. The molecule has 0 atom stereocenters. The van der Waals surface area contributed by atoms with Crippen molar-refractivity contribution in [2.75, 3.05) is 7.05 Å². The molecule has 1 aromatic rings. The Kier molecular flexibility index (Phi) is 3.52. The van der Waals surface area contributed by atoms with Gasteiger partial charge in [-0.05, 0) is 42.9 Å². The summed E-state index contributed by atoms with van der Waals surface area (Å²) in [5.74, 6) is 0.750. The summed E-state index contributed by atoms with van der Waals surface area (Å²) in [7, 11) is 1.64. The number of hydrogen-bond acceptors (Lipinski definition) is 2. The van der Waals surface area contributed by atoms with Crippen LogP contribution >= 0.6 is 0 Å². The van der Waals surface area contributed by atoms with Crippen molar-refractivity contribution < 1.29 is 5.11 Å². The van der Waals surface area contributed by atoms with Gasteiger partial charge < -0.3 is 16.2 Å². The molecule has 0 saturated heterocycles. The Morgan fingerprint density at radius 1 is 1.41 bits per heavy atom. The number of guanidine groups is 1. The largest absolute Gasteiger partial charge is 0.508 e. The molecule has 0 unspecified atom stereocenters. The Labute approximate surface area is 102 Å². The van der Waals surface area contributed by atoms with Crippen LogP contribution < -0.4 is 11.1 Å². The average Bonchev–Trinajstić information content (AvgIpc) is 2.37. The maximum Gasteiger partial charge on any atom is 0.188 e. The van der Waals surface area contributed by atoms with Crippen LogP contribution in [0.2, 0.25) is 0 Å². The molecule has 0 aliphatic heterocycles. The van der Waals surface area contributed by atoms with Gasteiger partial charge in [0, 0.05) is 19.2 Å². The van der Waals surface area contributed by atoms with E-state index in [2.05, 4.69) is 10.3 Å². The molecule has 0 bridgehead atoms. The molecule has 0 aromatic heterocycles. The van der Waals surface area contributed by atoms with E-state index in [-0.39, 0.29) is 0 Å². The fraction of sp³-hybridized carbons (Fsp3) is 0.462. The molecular weight excluding hydrogens is 214 g/mol. The fourth-order valence-electron chi connectivity index (χ4n) is 2.35. The Bertz CT molecular complexity index is 441. The van der Waals surface area contributed by atoms with Gasteiger partial charge in [-0.3, -0.25) is 4.99 Å². The summed E-state index contributed by atoms with van der Waals surface area (Å²) in [5.41, 5.74) is 9.21. The molecule has 1 aromatic carbocycles. The van der Waals surface area contributed by atoms with Crippen LogP contribution in [-0.4, -0.2) is 18.1 Å².